The molecule has 0 atom stereocenters. The van der Waals surface area contributed by atoms with Gasteiger partial charge in [-0.1, -0.05) is 73.9 Å². The lowest BCUT2D eigenvalue weighted by molar-refractivity contribution is 0.444. The fourth-order valence-corrected chi connectivity index (χ4v) is 7.99. The second-order valence-electron chi connectivity index (χ2n) is 12.7. The smallest absolute Gasteiger partial charge is 0.252 e. The van der Waals surface area contributed by atoms with Crippen LogP contribution in [0.4, 0.5) is 34.1 Å². The number of rotatable bonds is 3. The quantitative estimate of drug-likeness (QED) is 0.205. The zero-order valence-corrected chi connectivity index (χ0v) is 24.9. The summed E-state index contributed by atoms with van der Waals surface area (Å²) in [6.45, 7) is 6.83. The highest BCUT2D eigenvalue weighted by Crippen LogP contribution is 2.46. The highest BCUT2D eigenvalue weighted by atomic mass is 15.2. The highest BCUT2D eigenvalue weighted by Gasteiger charge is 2.43. The molecule has 0 amide bonds. The van der Waals surface area contributed by atoms with Crippen molar-refractivity contribution >= 4 is 57.2 Å². The van der Waals surface area contributed by atoms with Gasteiger partial charge in [0.05, 0.1) is 0 Å². The number of hydrogen-bond acceptors (Lipinski definition) is 2. The van der Waals surface area contributed by atoms with Gasteiger partial charge in [0.25, 0.3) is 6.71 Å². The highest BCUT2D eigenvalue weighted by molar-refractivity contribution is 7.00. The molecular formula is C39H37BN2. The van der Waals surface area contributed by atoms with Crippen LogP contribution in [0.1, 0.15) is 60.3 Å². The van der Waals surface area contributed by atoms with Crippen molar-refractivity contribution in [2.45, 2.75) is 58.8 Å². The first-order valence-corrected chi connectivity index (χ1v) is 15.7. The minimum Gasteiger partial charge on any atom is -0.311 e. The van der Waals surface area contributed by atoms with Crippen molar-refractivity contribution in [3.63, 3.8) is 0 Å². The topological polar surface area (TPSA) is 6.48 Å². The molecular weight excluding hydrogens is 507 g/mol. The molecule has 0 saturated heterocycles. The number of fused-ring (bicyclic) bond motifs is 4. The van der Waals surface area contributed by atoms with Gasteiger partial charge in [0.15, 0.2) is 0 Å². The molecule has 3 heteroatoms. The van der Waals surface area contributed by atoms with E-state index in [9.17, 15) is 0 Å². The first-order valence-electron chi connectivity index (χ1n) is 15.7. The number of aryl methyl sites for hydroxylation is 3. The van der Waals surface area contributed by atoms with Crippen LogP contribution >= 0.6 is 0 Å². The molecule has 1 saturated carbocycles. The molecule has 1 fully saturated rings. The third-order valence-electron chi connectivity index (χ3n) is 9.71. The summed E-state index contributed by atoms with van der Waals surface area (Å²) in [5.74, 6) is 0.605. The molecule has 1 aliphatic carbocycles. The summed E-state index contributed by atoms with van der Waals surface area (Å²) < 4.78 is 0. The van der Waals surface area contributed by atoms with Gasteiger partial charge >= 0.3 is 0 Å². The van der Waals surface area contributed by atoms with Gasteiger partial charge in [0, 0.05) is 34.1 Å². The van der Waals surface area contributed by atoms with E-state index in [1.807, 2.05) is 0 Å². The largest absolute Gasteiger partial charge is 0.311 e. The summed E-state index contributed by atoms with van der Waals surface area (Å²) in [6, 6.07) is 39.4. The molecule has 0 aromatic heterocycles. The molecule has 5 aromatic carbocycles. The van der Waals surface area contributed by atoms with Crippen LogP contribution in [0.3, 0.4) is 0 Å². The Hall–Kier alpha value is -4.24. The molecule has 0 radical (unpaired) electrons. The van der Waals surface area contributed by atoms with E-state index in [0.29, 0.717) is 5.92 Å². The monoisotopic (exact) mass is 544 g/mol. The van der Waals surface area contributed by atoms with Crippen LogP contribution < -0.4 is 26.2 Å². The Morgan fingerprint density at radius 3 is 1.71 bits per heavy atom. The van der Waals surface area contributed by atoms with Crippen LogP contribution in [0.15, 0.2) is 103 Å². The van der Waals surface area contributed by atoms with E-state index < -0.39 is 0 Å². The summed E-state index contributed by atoms with van der Waals surface area (Å²) in [4.78, 5) is 5.12. The van der Waals surface area contributed by atoms with Crippen molar-refractivity contribution in [2.24, 2.45) is 0 Å². The van der Waals surface area contributed by atoms with E-state index in [2.05, 4.69) is 134 Å². The average Bonchev–Trinajstić information content (AvgIpc) is 3.00. The third kappa shape index (κ3) is 4.01. The maximum atomic E-state index is 2.57. The Morgan fingerprint density at radius 1 is 0.524 bits per heavy atom. The van der Waals surface area contributed by atoms with Crippen molar-refractivity contribution in [1.29, 1.82) is 0 Å². The van der Waals surface area contributed by atoms with Crippen LogP contribution in [-0.4, -0.2) is 6.71 Å². The molecule has 2 aliphatic heterocycles. The summed E-state index contributed by atoms with van der Waals surface area (Å²) in [5, 5.41) is 0. The number of anilines is 6. The summed E-state index contributed by atoms with van der Waals surface area (Å²) in [6.07, 6.45) is 6.58. The fraction of sp³-hybridized carbons (Fsp3) is 0.231. The zero-order chi connectivity index (χ0) is 28.4. The second kappa shape index (κ2) is 9.95. The Morgan fingerprint density at radius 2 is 1.10 bits per heavy atom. The summed E-state index contributed by atoms with van der Waals surface area (Å²) in [7, 11) is 0. The Balaban J connectivity index is 1.48. The Labute approximate surface area is 250 Å². The predicted octanol–water partition coefficient (Wildman–Crippen LogP) is 8.74. The van der Waals surface area contributed by atoms with Crippen LogP contribution in [0, 0.1) is 20.8 Å². The minimum absolute atomic E-state index is 0.186. The normalized spacial score (nSPS) is 15.7. The van der Waals surface area contributed by atoms with E-state index in [0.717, 1.165) is 0 Å². The summed E-state index contributed by atoms with van der Waals surface area (Å²) >= 11 is 0. The van der Waals surface area contributed by atoms with Gasteiger partial charge in [0.2, 0.25) is 0 Å². The van der Waals surface area contributed by atoms with Gasteiger partial charge in [-0.25, -0.2) is 0 Å². The molecule has 42 heavy (non-hydrogen) atoms. The molecule has 2 nitrogen and oxygen atoms in total. The molecule has 0 unspecified atom stereocenters. The Bertz CT molecular complexity index is 1810. The molecule has 0 spiro atoms. The first-order chi connectivity index (χ1) is 20.6. The molecule has 8 rings (SSSR count). The van der Waals surface area contributed by atoms with Gasteiger partial charge in [-0.2, -0.15) is 0 Å². The van der Waals surface area contributed by atoms with E-state index in [4.69, 9.17) is 0 Å². The SMILES string of the molecule is Cc1cccc(N2c3ccccc3B3c4ccccc4N(c4cc(C)cc(C)c4)c4cc(C5CCCCC5)cc2c43)c1. The molecule has 5 aromatic rings. The van der Waals surface area contributed by atoms with Crippen LogP contribution in [-0.2, 0) is 0 Å². The number of nitrogens with zero attached hydrogens (tertiary/aromatic N) is 2. The van der Waals surface area contributed by atoms with Gasteiger partial charge in [-0.05, 0) is 127 Å². The van der Waals surface area contributed by atoms with Crippen molar-refractivity contribution in [3.05, 3.63) is 125 Å². The third-order valence-corrected chi connectivity index (χ3v) is 9.71. The van der Waals surface area contributed by atoms with Crippen LogP contribution in [0.5, 0.6) is 0 Å². The van der Waals surface area contributed by atoms with Gasteiger partial charge < -0.3 is 9.80 Å². The lowest BCUT2D eigenvalue weighted by Gasteiger charge is -2.45. The second-order valence-corrected chi connectivity index (χ2v) is 12.7. The van der Waals surface area contributed by atoms with Crippen molar-refractivity contribution < 1.29 is 0 Å². The summed E-state index contributed by atoms with van der Waals surface area (Å²) in [5.41, 5.74) is 17.3. The average molecular weight is 545 g/mol. The maximum absolute atomic E-state index is 2.57. The van der Waals surface area contributed by atoms with E-state index in [-0.39, 0.29) is 6.71 Å². The Kier molecular flexibility index (Phi) is 6.03. The lowest BCUT2D eigenvalue weighted by Crippen LogP contribution is -2.61. The van der Waals surface area contributed by atoms with E-state index in [1.54, 1.807) is 0 Å². The van der Waals surface area contributed by atoms with Crippen molar-refractivity contribution in [2.75, 3.05) is 9.80 Å². The van der Waals surface area contributed by atoms with Crippen LogP contribution in [0.2, 0.25) is 0 Å². The first kappa shape index (κ1) is 25.5. The molecule has 2 heterocycles. The fourth-order valence-electron chi connectivity index (χ4n) is 7.99. The minimum atomic E-state index is 0.186. The number of hydrogen-bond donors (Lipinski definition) is 0. The standard InChI is InChI=1S/C39H37BN2/c1-26-12-11-15-31(21-26)41-35-18-9-7-16-33(35)40-34-17-8-10-19-36(34)42(32-22-27(2)20-28(3)23-32)38-25-30(24-37(41)39(38)40)29-13-5-4-6-14-29/h7-12,15-25,29H,4-6,13-14H2,1-3H3. The molecule has 206 valence electrons. The van der Waals surface area contributed by atoms with Gasteiger partial charge in [-0.15, -0.1) is 0 Å². The molecule has 3 aliphatic rings. The van der Waals surface area contributed by atoms with Crippen molar-refractivity contribution in [3.8, 4) is 0 Å². The van der Waals surface area contributed by atoms with Crippen molar-refractivity contribution in [1.82, 2.24) is 0 Å². The molecule has 0 bridgehead atoms. The number of para-hydroxylation sites is 2. The lowest BCUT2D eigenvalue weighted by atomic mass is 9.33. The number of benzene rings is 5. The maximum Gasteiger partial charge on any atom is 0.252 e. The van der Waals surface area contributed by atoms with E-state index >= 15 is 0 Å². The van der Waals surface area contributed by atoms with E-state index in [1.165, 1.54) is 105 Å². The van der Waals surface area contributed by atoms with Crippen LogP contribution in [0.25, 0.3) is 0 Å². The van der Waals surface area contributed by atoms with Gasteiger partial charge in [0.1, 0.15) is 0 Å². The predicted molar refractivity (Wildman–Crippen MR) is 181 cm³/mol. The zero-order valence-electron chi connectivity index (χ0n) is 24.9. The molecule has 0 N–H and O–H groups in total. The van der Waals surface area contributed by atoms with Gasteiger partial charge in [-0.3, -0.25) is 0 Å².